The van der Waals surface area contributed by atoms with Crippen LogP contribution in [0.15, 0.2) is 67.0 Å². The molecule has 7 nitrogen and oxygen atoms in total. The lowest BCUT2D eigenvalue weighted by atomic mass is 10.2. The first-order chi connectivity index (χ1) is 14.0. The van der Waals surface area contributed by atoms with Crippen molar-refractivity contribution in [2.24, 2.45) is 0 Å². The molecule has 3 rings (SSSR count). The van der Waals surface area contributed by atoms with Crippen LogP contribution in [0, 0.1) is 0 Å². The number of nitrogens with zero attached hydrogens (tertiary/aromatic N) is 2. The number of anilines is 2. The van der Waals surface area contributed by atoms with E-state index in [4.69, 9.17) is 0 Å². The molecule has 3 amide bonds. The van der Waals surface area contributed by atoms with E-state index in [1.807, 2.05) is 18.2 Å². The monoisotopic (exact) mass is 399 g/mol. The van der Waals surface area contributed by atoms with Gasteiger partial charge in [0.15, 0.2) is 0 Å². The third-order valence-electron chi connectivity index (χ3n) is 4.03. The van der Waals surface area contributed by atoms with E-state index in [2.05, 4.69) is 20.9 Å². The average molecular weight is 399 g/mol. The van der Waals surface area contributed by atoms with Crippen LogP contribution < -0.4 is 16.0 Å². The van der Waals surface area contributed by atoms with E-state index in [-0.39, 0.29) is 24.7 Å². The highest BCUT2D eigenvalue weighted by Crippen LogP contribution is 2.13. The number of urea groups is 1. The van der Waals surface area contributed by atoms with Crippen molar-refractivity contribution >= 4 is 23.3 Å². The van der Waals surface area contributed by atoms with Gasteiger partial charge in [0, 0.05) is 42.3 Å². The number of rotatable bonds is 7. The highest BCUT2D eigenvalue weighted by Gasteiger charge is 2.12. The summed E-state index contributed by atoms with van der Waals surface area (Å²) in [6.45, 7) is -2.50. The predicted octanol–water partition coefficient (Wildman–Crippen LogP) is 3.89. The minimum absolute atomic E-state index is 0.169. The van der Waals surface area contributed by atoms with Gasteiger partial charge in [-0.2, -0.15) is 8.78 Å². The number of amides is 3. The van der Waals surface area contributed by atoms with E-state index in [9.17, 15) is 18.4 Å². The topological polar surface area (TPSA) is 88.1 Å². The summed E-state index contributed by atoms with van der Waals surface area (Å²) >= 11 is 0. The van der Waals surface area contributed by atoms with Gasteiger partial charge in [-0.1, -0.05) is 18.2 Å². The van der Waals surface area contributed by atoms with Crippen LogP contribution in [-0.4, -0.2) is 28.0 Å². The lowest BCUT2D eigenvalue weighted by Gasteiger charge is -2.09. The molecule has 0 saturated heterocycles. The second kappa shape index (κ2) is 9.45. The summed E-state index contributed by atoms with van der Waals surface area (Å²) in [5, 5.41) is 8.02. The zero-order chi connectivity index (χ0) is 20.6. The minimum Gasteiger partial charge on any atom is -0.352 e. The van der Waals surface area contributed by atoms with Gasteiger partial charge in [-0.05, 0) is 36.4 Å². The van der Waals surface area contributed by atoms with E-state index in [0.29, 0.717) is 16.9 Å². The molecule has 0 aliphatic carbocycles. The molecule has 0 unspecified atom stereocenters. The van der Waals surface area contributed by atoms with Crippen LogP contribution in [0.2, 0.25) is 0 Å². The second-order valence-corrected chi connectivity index (χ2v) is 6.06. The highest BCUT2D eigenvalue weighted by atomic mass is 19.3. The fourth-order valence-corrected chi connectivity index (χ4v) is 2.63. The van der Waals surface area contributed by atoms with Crippen molar-refractivity contribution in [3.63, 3.8) is 0 Å². The van der Waals surface area contributed by atoms with Gasteiger partial charge in [0.2, 0.25) is 0 Å². The van der Waals surface area contributed by atoms with Gasteiger partial charge >= 0.3 is 12.6 Å². The number of benzene rings is 2. The lowest BCUT2D eigenvalue weighted by Crippen LogP contribution is -2.26. The molecule has 2 aromatic carbocycles. The van der Waals surface area contributed by atoms with Gasteiger partial charge in [-0.15, -0.1) is 0 Å². The molecule has 1 aromatic heterocycles. The number of para-hydroxylation sites is 1. The Balaban J connectivity index is 1.48. The lowest BCUT2D eigenvalue weighted by molar-refractivity contribution is 0.0670. The van der Waals surface area contributed by atoms with Crippen molar-refractivity contribution in [1.82, 2.24) is 14.9 Å². The Morgan fingerprint density at radius 2 is 1.62 bits per heavy atom. The Hall–Kier alpha value is -3.75. The Labute approximate surface area is 165 Å². The van der Waals surface area contributed by atoms with Crippen molar-refractivity contribution in [2.45, 2.75) is 13.0 Å². The van der Waals surface area contributed by atoms with Crippen LogP contribution in [0.3, 0.4) is 0 Å². The highest BCUT2D eigenvalue weighted by molar-refractivity contribution is 6.00. The van der Waals surface area contributed by atoms with Gasteiger partial charge in [-0.3, -0.25) is 9.36 Å². The summed E-state index contributed by atoms with van der Waals surface area (Å²) in [5.41, 5.74) is 1.57. The molecular weight excluding hydrogens is 380 g/mol. The quantitative estimate of drug-likeness (QED) is 0.563. The first-order valence-electron chi connectivity index (χ1n) is 8.84. The van der Waals surface area contributed by atoms with E-state index >= 15 is 0 Å². The Morgan fingerprint density at radius 1 is 0.966 bits per heavy atom. The van der Waals surface area contributed by atoms with E-state index in [0.717, 1.165) is 4.57 Å². The number of carbonyl (C=O) groups excluding carboxylic acids is 2. The SMILES string of the molecule is O=C(Nc1ccccc1)Nc1ccc(C(=O)NCCc2nccn2C(F)F)cc1. The number of halogens is 2. The maximum Gasteiger partial charge on any atom is 0.323 e. The summed E-state index contributed by atoms with van der Waals surface area (Å²) < 4.78 is 26.3. The average Bonchev–Trinajstić information content (AvgIpc) is 3.18. The molecule has 0 aliphatic rings. The van der Waals surface area contributed by atoms with Crippen molar-refractivity contribution in [1.29, 1.82) is 0 Å². The summed E-state index contributed by atoms with van der Waals surface area (Å²) in [4.78, 5) is 28.0. The van der Waals surface area contributed by atoms with Gasteiger partial charge in [0.25, 0.3) is 5.91 Å². The standard InChI is InChI=1S/C20H19F2N5O2/c21-19(22)27-13-12-23-17(27)10-11-24-18(28)14-6-8-16(9-7-14)26-20(29)25-15-4-2-1-3-5-15/h1-9,12-13,19H,10-11H2,(H,24,28)(H2,25,26,29). The molecule has 0 spiro atoms. The van der Waals surface area contributed by atoms with E-state index in [1.54, 1.807) is 36.4 Å². The third kappa shape index (κ3) is 5.61. The molecule has 0 atom stereocenters. The molecule has 3 aromatic rings. The smallest absolute Gasteiger partial charge is 0.323 e. The second-order valence-electron chi connectivity index (χ2n) is 6.06. The van der Waals surface area contributed by atoms with Gasteiger partial charge in [0.1, 0.15) is 5.82 Å². The Bertz CT molecular complexity index is 959. The van der Waals surface area contributed by atoms with Crippen LogP contribution in [0.4, 0.5) is 25.0 Å². The van der Waals surface area contributed by atoms with Crippen molar-refractivity contribution in [3.8, 4) is 0 Å². The Kier molecular flexibility index (Phi) is 6.51. The number of nitrogens with one attached hydrogen (secondary N) is 3. The summed E-state index contributed by atoms with van der Waals surface area (Å²) in [6, 6.07) is 14.9. The third-order valence-corrected chi connectivity index (χ3v) is 4.03. The number of imidazole rings is 1. The fraction of sp³-hybridized carbons (Fsp3) is 0.150. The van der Waals surface area contributed by atoms with Crippen LogP contribution in [0.25, 0.3) is 0 Å². The molecular formula is C20H19F2N5O2. The van der Waals surface area contributed by atoms with Crippen LogP contribution in [-0.2, 0) is 6.42 Å². The van der Waals surface area contributed by atoms with Crippen LogP contribution in [0.1, 0.15) is 22.7 Å². The zero-order valence-electron chi connectivity index (χ0n) is 15.3. The van der Waals surface area contributed by atoms with Gasteiger partial charge < -0.3 is 16.0 Å². The maximum atomic E-state index is 12.8. The zero-order valence-corrected chi connectivity index (χ0v) is 15.3. The number of carbonyl (C=O) groups is 2. The maximum absolute atomic E-state index is 12.8. The largest absolute Gasteiger partial charge is 0.352 e. The molecule has 0 aliphatic heterocycles. The number of hydrogen-bond acceptors (Lipinski definition) is 3. The summed E-state index contributed by atoms with van der Waals surface area (Å²) in [7, 11) is 0. The molecule has 9 heteroatoms. The number of alkyl halides is 2. The van der Waals surface area contributed by atoms with Crippen molar-refractivity contribution in [3.05, 3.63) is 78.4 Å². The predicted molar refractivity (Wildman–Crippen MR) is 105 cm³/mol. The van der Waals surface area contributed by atoms with Crippen LogP contribution in [0.5, 0.6) is 0 Å². The molecule has 0 saturated carbocycles. The van der Waals surface area contributed by atoms with Crippen molar-refractivity contribution < 1.29 is 18.4 Å². The molecule has 29 heavy (non-hydrogen) atoms. The number of aromatic nitrogens is 2. The van der Waals surface area contributed by atoms with Gasteiger partial charge in [0.05, 0.1) is 0 Å². The molecule has 150 valence electrons. The van der Waals surface area contributed by atoms with E-state index < -0.39 is 12.6 Å². The molecule has 0 radical (unpaired) electrons. The molecule has 0 bridgehead atoms. The normalized spacial score (nSPS) is 10.6. The molecule has 3 N–H and O–H groups in total. The molecule has 0 fully saturated rings. The fourth-order valence-electron chi connectivity index (χ4n) is 2.63. The first-order valence-corrected chi connectivity index (χ1v) is 8.84. The number of hydrogen-bond donors (Lipinski definition) is 3. The van der Waals surface area contributed by atoms with Gasteiger partial charge in [-0.25, -0.2) is 9.78 Å². The summed E-state index contributed by atoms with van der Waals surface area (Å²) in [6.07, 6.45) is 2.67. The molecule has 1 heterocycles. The van der Waals surface area contributed by atoms with Crippen LogP contribution >= 0.6 is 0 Å². The van der Waals surface area contributed by atoms with Crippen molar-refractivity contribution in [2.75, 3.05) is 17.2 Å². The minimum atomic E-state index is -2.66. The van der Waals surface area contributed by atoms with E-state index in [1.165, 1.54) is 12.4 Å². The Morgan fingerprint density at radius 3 is 2.28 bits per heavy atom. The summed E-state index contributed by atoms with van der Waals surface area (Å²) in [5.74, 6) is -0.148. The first kappa shape index (κ1) is 20.0.